The van der Waals surface area contributed by atoms with Crippen LogP contribution >= 0.6 is 0 Å². The molecule has 114 valence electrons. The van der Waals surface area contributed by atoms with Gasteiger partial charge in [-0.3, -0.25) is 0 Å². The fourth-order valence-electron chi connectivity index (χ4n) is 2.39. The average Bonchev–Trinajstić information content (AvgIpc) is 2.93. The molecular weight excluding hydrogens is 294 g/mol. The van der Waals surface area contributed by atoms with Crippen LogP contribution in [-0.4, -0.2) is 72.1 Å². The standard InChI is InChI=1S/C11H17N7O2S/c1-12-11-15-9-8(13-7-14-9)10(16-11)17-3-5-18(6-4-17)21(2,19)20/h7H,3-6H2,1-2H3,(H2,12,13,14,15,16). The molecule has 0 saturated carbocycles. The second-order valence-corrected chi connectivity index (χ2v) is 6.85. The maximum Gasteiger partial charge on any atom is 0.226 e. The first-order valence-electron chi connectivity index (χ1n) is 6.58. The highest BCUT2D eigenvalue weighted by atomic mass is 32.2. The summed E-state index contributed by atoms with van der Waals surface area (Å²) in [6, 6.07) is 0. The van der Waals surface area contributed by atoms with Crippen LogP contribution in [0.15, 0.2) is 6.33 Å². The Kier molecular flexibility index (Phi) is 3.41. The predicted octanol–water partition coefficient (Wildman–Crippen LogP) is -0.524. The van der Waals surface area contributed by atoms with Gasteiger partial charge in [0.25, 0.3) is 0 Å². The van der Waals surface area contributed by atoms with E-state index >= 15 is 0 Å². The van der Waals surface area contributed by atoms with Crippen molar-refractivity contribution in [2.24, 2.45) is 0 Å². The lowest BCUT2D eigenvalue weighted by Gasteiger charge is -2.34. The van der Waals surface area contributed by atoms with Gasteiger partial charge in [0.2, 0.25) is 16.0 Å². The monoisotopic (exact) mass is 311 g/mol. The van der Waals surface area contributed by atoms with E-state index in [2.05, 4.69) is 25.3 Å². The molecule has 1 saturated heterocycles. The van der Waals surface area contributed by atoms with Gasteiger partial charge in [0.15, 0.2) is 11.5 Å². The maximum atomic E-state index is 11.6. The number of nitrogens with one attached hydrogen (secondary N) is 2. The molecule has 10 heteroatoms. The molecule has 0 amide bonds. The van der Waals surface area contributed by atoms with E-state index in [-0.39, 0.29) is 0 Å². The molecule has 21 heavy (non-hydrogen) atoms. The number of piperazine rings is 1. The summed E-state index contributed by atoms with van der Waals surface area (Å²) in [5.41, 5.74) is 1.36. The molecule has 1 aliphatic rings. The number of rotatable bonds is 3. The first kappa shape index (κ1) is 14.0. The number of imidazole rings is 1. The number of fused-ring (bicyclic) bond motifs is 1. The van der Waals surface area contributed by atoms with Gasteiger partial charge in [0.05, 0.1) is 12.6 Å². The summed E-state index contributed by atoms with van der Waals surface area (Å²) in [6.45, 7) is 2.07. The number of hydrogen-bond acceptors (Lipinski definition) is 7. The van der Waals surface area contributed by atoms with E-state index in [0.717, 1.165) is 11.3 Å². The summed E-state index contributed by atoms with van der Waals surface area (Å²) in [6.07, 6.45) is 2.81. The van der Waals surface area contributed by atoms with Gasteiger partial charge in [-0.25, -0.2) is 13.4 Å². The van der Waals surface area contributed by atoms with E-state index < -0.39 is 10.0 Å². The molecule has 0 spiro atoms. The van der Waals surface area contributed by atoms with Crippen molar-refractivity contribution in [2.45, 2.75) is 0 Å². The van der Waals surface area contributed by atoms with Gasteiger partial charge in [-0.2, -0.15) is 14.3 Å². The van der Waals surface area contributed by atoms with E-state index in [1.54, 1.807) is 13.4 Å². The minimum atomic E-state index is -3.13. The summed E-state index contributed by atoms with van der Waals surface area (Å²) in [5.74, 6) is 1.24. The van der Waals surface area contributed by atoms with Gasteiger partial charge in [0.1, 0.15) is 5.52 Å². The number of H-pyrrole nitrogens is 1. The number of aromatic nitrogens is 4. The molecule has 3 rings (SSSR count). The lowest BCUT2D eigenvalue weighted by Crippen LogP contribution is -2.48. The summed E-state index contributed by atoms with van der Waals surface area (Å²) >= 11 is 0. The quantitative estimate of drug-likeness (QED) is 0.785. The Morgan fingerprint density at radius 1 is 1.24 bits per heavy atom. The van der Waals surface area contributed by atoms with Crippen LogP contribution in [0.4, 0.5) is 11.8 Å². The molecule has 3 heterocycles. The predicted molar refractivity (Wildman–Crippen MR) is 79.9 cm³/mol. The van der Waals surface area contributed by atoms with Crippen molar-refractivity contribution in [2.75, 3.05) is 49.7 Å². The van der Waals surface area contributed by atoms with Crippen molar-refractivity contribution in [1.82, 2.24) is 24.2 Å². The average molecular weight is 311 g/mol. The zero-order valence-corrected chi connectivity index (χ0v) is 12.7. The number of nitrogens with zero attached hydrogens (tertiary/aromatic N) is 5. The minimum absolute atomic E-state index is 0.452. The fraction of sp³-hybridized carbons (Fsp3) is 0.545. The van der Waals surface area contributed by atoms with Crippen LogP contribution in [0.25, 0.3) is 11.2 Å². The number of anilines is 2. The maximum absolute atomic E-state index is 11.6. The highest BCUT2D eigenvalue weighted by Crippen LogP contribution is 2.24. The molecule has 2 aromatic heterocycles. The largest absolute Gasteiger partial charge is 0.357 e. The normalized spacial score (nSPS) is 17.3. The summed E-state index contributed by atoms with van der Waals surface area (Å²) in [4.78, 5) is 18.0. The third kappa shape index (κ3) is 2.63. The number of aromatic amines is 1. The van der Waals surface area contributed by atoms with E-state index in [0.29, 0.717) is 37.8 Å². The van der Waals surface area contributed by atoms with Gasteiger partial charge in [-0.15, -0.1) is 0 Å². The highest BCUT2D eigenvalue weighted by molar-refractivity contribution is 7.88. The van der Waals surface area contributed by atoms with Gasteiger partial charge < -0.3 is 15.2 Å². The van der Waals surface area contributed by atoms with Crippen LogP contribution < -0.4 is 10.2 Å². The van der Waals surface area contributed by atoms with Crippen LogP contribution in [0, 0.1) is 0 Å². The first-order valence-corrected chi connectivity index (χ1v) is 8.43. The molecule has 1 fully saturated rings. The molecule has 0 unspecified atom stereocenters. The van der Waals surface area contributed by atoms with E-state index in [9.17, 15) is 8.42 Å². The summed E-state index contributed by atoms with van der Waals surface area (Å²) < 4.78 is 24.6. The molecule has 1 aliphatic heterocycles. The summed E-state index contributed by atoms with van der Waals surface area (Å²) in [7, 11) is -1.39. The Morgan fingerprint density at radius 3 is 2.57 bits per heavy atom. The molecule has 0 aromatic carbocycles. The molecule has 0 atom stereocenters. The first-order chi connectivity index (χ1) is 9.99. The zero-order valence-electron chi connectivity index (χ0n) is 11.9. The Labute approximate surface area is 122 Å². The molecular formula is C11H17N7O2S. The fourth-order valence-corrected chi connectivity index (χ4v) is 3.22. The van der Waals surface area contributed by atoms with Crippen molar-refractivity contribution in [3.05, 3.63) is 6.33 Å². The van der Waals surface area contributed by atoms with Crippen LogP contribution in [0.3, 0.4) is 0 Å². The van der Waals surface area contributed by atoms with Crippen LogP contribution in [0.5, 0.6) is 0 Å². The second kappa shape index (κ2) is 5.11. The van der Waals surface area contributed by atoms with Crippen LogP contribution in [0.1, 0.15) is 0 Å². The summed E-state index contributed by atoms with van der Waals surface area (Å²) in [5, 5.41) is 2.91. The third-order valence-electron chi connectivity index (χ3n) is 3.50. The zero-order chi connectivity index (χ0) is 15.0. The third-order valence-corrected chi connectivity index (χ3v) is 4.80. The lowest BCUT2D eigenvalue weighted by molar-refractivity contribution is 0.387. The van der Waals surface area contributed by atoms with Crippen molar-refractivity contribution >= 4 is 33.0 Å². The van der Waals surface area contributed by atoms with Gasteiger partial charge in [-0.05, 0) is 0 Å². The Balaban J connectivity index is 1.90. The van der Waals surface area contributed by atoms with Gasteiger partial charge >= 0.3 is 0 Å². The van der Waals surface area contributed by atoms with E-state index in [1.165, 1.54) is 10.6 Å². The molecule has 9 nitrogen and oxygen atoms in total. The number of sulfonamides is 1. The van der Waals surface area contributed by atoms with Gasteiger partial charge in [0, 0.05) is 33.2 Å². The minimum Gasteiger partial charge on any atom is -0.357 e. The van der Waals surface area contributed by atoms with E-state index in [1.807, 2.05) is 4.90 Å². The van der Waals surface area contributed by atoms with Crippen LogP contribution in [0.2, 0.25) is 0 Å². The van der Waals surface area contributed by atoms with Crippen molar-refractivity contribution < 1.29 is 8.42 Å². The topological polar surface area (TPSA) is 107 Å². The molecule has 0 aliphatic carbocycles. The molecule has 2 N–H and O–H groups in total. The van der Waals surface area contributed by atoms with Crippen LogP contribution in [-0.2, 0) is 10.0 Å². The van der Waals surface area contributed by atoms with Crippen molar-refractivity contribution in [3.63, 3.8) is 0 Å². The van der Waals surface area contributed by atoms with Crippen molar-refractivity contribution in [3.8, 4) is 0 Å². The smallest absolute Gasteiger partial charge is 0.226 e. The molecule has 2 aromatic rings. The highest BCUT2D eigenvalue weighted by Gasteiger charge is 2.25. The van der Waals surface area contributed by atoms with Gasteiger partial charge in [-0.1, -0.05) is 0 Å². The van der Waals surface area contributed by atoms with E-state index in [4.69, 9.17) is 0 Å². The second-order valence-electron chi connectivity index (χ2n) is 4.87. The number of hydrogen-bond donors (Lipinski definition) is 2. The molecule has 0 radical (unpaired) electrons. The Hall–Kier alpha value is -1.94. The lowest BCUT2D eigenvalue weighted by atomic mass is 10.3. The Bertz CT molecular complexity index is 749. The Morgan fingerprint density at radius 2 is 1.95 bits per heavy atom. The van der Waals surface area contributed by atoms with Crippen molar-refractivity contribution in [1.29, 1.82) is 0 Å². The molecule has 0 bridgehead atoms. The SMILES string of the molecule is CNc1nc(N2CCN(S(C)(=O)=O)CC2)c2[nH]cnc2n1.